The number of fused-ring (bicyclic) bond motifs is 1. The van der Waals surface area contributed by atoms with Gasteiger partial charge in [-0.3, -0.25) is 4.79 Å². The summed E-state index contributed by atoms with van der Waals surface area (Å²) in [6.07, 6.45) is 4.74. The zero-order valence-corrected chi connectivity index (χ0v) is 14.2. The van der Waals surface area contributed by atoms with Gasteiger partial charge in [0.1, 0.15) is 12.7 Å². The zero-order chi connectivity index (χ0) is 16.1. The number of amides is 1. The Morgan fingerprint density at radius 3 is 2.83 bits per heavy atom. The van der Waals surface area contributed by atoms with E-state index in [1.807, 2.05) is 11.8 Å². The van der Waals surface area contributed by atoms with E-state index in [1.165, 1.54) is 25.9 Å². The molecule has 0 spiro atoms. The van der Waals surface area contributed by atoms with Crippen LogP contribution < -0.4 is 0 Å². The number of carbonyl (C=O) groups excluding carboxylic acids is 1. The summed E-state index contributed by atoms with van der Waals surface area (Å²) in [4.78, 5) is 16.7. The molecule has 0 unspecified atom stereocenters. The molecule has 6 nitrogen and oxygen atoms in total. The van der Waals surface area contributed by atoms with E-state index in [1.54, 1.807) is 0 Å². The number of rotatable bonds is 7. The first-order chi connectivity index (χ1) is 11.3. The van der Waals surface area contributed by atoms with Gasteiger partial charge in [-0.1, -0.05) is 0 Å². The number of hydrogen-bond acceptors (Lipinski definition) is 5. The molecule has 3 atom stereocenters. The summed E-state index contributed by atoms with van der Waals surface area (Å²) >= 11 is 0. The number of carbonyl (C=O) groups is 1. The maximum Gasteiger partial charge on any atom is 0.248 e. The van der Waals surface area contributed by atoms with E-state index < -0.39 is 0 Å². The minimum absolute atomic E-state index is 0.0351. The van der Waals surface area contributed by atoms with Crippen LogP contribution in [0.1, 0.15) is 32.6 Å². The van der Waals surface area contributed by atoms with Gasteiger partial charge in [0.05, 0.1) is 25.4 Å². The van der Waals surface area contributed by atoms with Crippen LogP contribution in [-0.2, 0) is 19.0 Å². The van der Waals surface area contributed by atoms with Crippen LogP contribution in [0.25, 0.3) is 0 Å². The number of morpholine rings is 1. The Morgan fingerprint density at radius 1 is 1.22 bits per heavy atom. The van der Waals surface area contributed by atoms with Gasteiger partial charge in [0, 0.05) is 19.7 Å². The summed E-state index contributed by atoms with van der Waals surface area (Å²) < 4.78 is 17.3. The SMILES string of the molecule is CCOCC(=O)N1CCO[C@H]2[C@H](OCCN3CCCC3)CC[C@@H]21. The van der Waals surface area contributed by atoms with Gasteiger partial charge in [-0.05, 0) is 45.7 Å². The van der Waals surface area contributed by atoms with Crippen molar-refractivity contribution in [1.82, 2.24) is 9.80 Å². The molecule has 1 aliphatic carbocycles. The van der Waals surface area contributed by atoms with E-state index in [-0.39, 0.29) is 30.8 Å². The minimum Gasteiger partial charge on any atom is -0.374 e. The van der Waals surface area contributed by atoms with Crippen molar-refractivity contribution >= 4 is 5.91 Å². The fourth-order valence-corrected chi connectivity index (χ4v) is 4.02. The predicted octanol–water partition coefficient (Wildman–Crippen LogP) is 0.894. The Hall–Kier alpha value is -0.690. The molecule has 23 heavy (non-hydrogen) atoms. The van der Waals surface area contributed by atoms with Gasteiger partial charge in [0.25, 0.3) is 0 Å². The first-order valence-corrected chi connectivity index (χ1v) is 9.12. The van der Waals surface area contributed by atoms with E-state index >= 15 is 0 Å². The van der Waals surface area contributed by atoms with Gasteiger partial charge >= 0.3 is 0 Å². The highest BCUT2D eigenvalue weighted by molar-refractivity contribution is 5.78. The topological polar surface area (TPSA) is 51.2 Å². The van der Waals surface area contributed by atoms with Crippen LogP contribution in [0.3, 0.4) is 0 Å². The quantitative estimate of drug-likeness (QED) is 0.696. The lowest BCUT2D eigenvalue weighted by molar-refractivity contribution is -0.155. The number of likely N-dealkylation sites (tertiary alicyclic amines) is 1. The smallest absolute Gasteiger partial charge is 0.248 e. The Kier molecular flexibility index (Phi) is 6.28. The number of nitrogens with zero attached hydrogens (tertiary/aromatic N) is 2. The molecule has 3 fully saturated rings. The molecule has 0 bridgehead atoms. The van der Waals surface area contributed by atoms with Crippen molar-refractivity contribution in [3.63, 3.8) is 0 Å². The second-order valence-corrected chi connectivity index (χ2v) is 6.66. The lowest BCUT2D eigenvalue weighted by atomic mass is 10.1. The monoisotopic (exact) mass is 326 g/mol. The molecule has 2 aliphatic heterocycles. The molecule has 3 aliphatic rings. The Balaban J connectivity index is 1.46. The Morgan fingerprint density at radius 2 is 2.04 bits per heavy atom. The molecule has 2 heterocycles. The minimum atomic E-state index is 0.0351. The molecule has 3 rings (SSSR count). The average molecular weight is 326 g/mol. The molecule has 132 valence electrons. The highest BCUT2D eigenvalue weighted by atomic mass is 16.5. The number of ether oxygens (including phenoxy) is 3. The molecule has 1 saturated carbocycles. The van der Waals surface area contributed by atoms with Gasteiger partial charge in [0.15, 0.2) is 0 Å². The van der Waals surface area contributed by atoms with E-state index in [0.29, 0.717) is 19.8 Å². The Labute approximate surface area is 139 Å². The summed E-state index contributed by atoms with van der Waals surface area (Å²) in [7, 11) is 0. The zero-order valence-electron chi connectivity index (χ0n) is 14.2. The van der Waals surface area contributed by atoms with Gasteiger partial charge in [0.2, 0.25) is 5.91 Å². The van der Waals surface area contributed by atoms with E-state index in [2.05, 4.69) is 4.90 Å². The molecule has 0 aromatic carbocycles. The average Bonchev–Trinajstić information content (AvgIpc) is 3.22. The van der Waals surface area contributed by atoms with Crippen molar-refractivity contribution in [3.05, 3.63) is 0 Å². The summed E-state index contributed by atoms with van der Waals surface area (Å²) in [5.41, 5.74) is 0. The van der Waals surface area contributed by atoms with Gasteiger partial charge in [-0.15, -0.1) is 0 Å². The molecular weight excluding hydrogens is 296 g/mol. The van der Waals surface area contributed by atoms with Crippen molar-refractivity contribution in [3.8, 4) is 0 Å². The summed E-state index contributed by atoms with van der Waals surface area (Å²) in [5, 5.41) is 0. The van der Waals surface area contributed by atoms with Crippen LogP contribution in [-0.4, -0.2) is 86.6 Å². The third-order valence-electron chi connectivity index (χ3n) is 5.22. The van der Waals surface area contributed by atoms with Gasteiger partial charge in [-0.25, -0.2) is 0 Å². The standard InChI is InChI=1S/C17H30N2O4/c1-2-21-13-16(20)19-10-12-23-17-14(19)5-6-15(17)22-11-9-18-7-3-4-8-18/h14-15,17H,2-13H2,1H3/t14-,15+,17+/m0/s1. The van der Waals surface area contributed by atoms with Crippen molar-refractivity contribution in [1.29, 1.82) is 0 Å². The second kappa shape index (κ2) is 8.42. The molecule has 0 N–H and O–H groups in total. The highest BCUT2D eigenvalue weighted by Gasteiger charge is 2.44. The van der Waals surface area contributed by atoms with Gasteiger partial charge in [-0.2, -0.15) is 0 Å². The molecule has 0 aromatic heterocycles. The molecule has 0 radical (unpaired) electrons. The largest absolute Gasteiger partial charge is 0.374 e. The molecule has 6 heteroatoms. The maximum absolute atomic E-state index is 12.3. The number of hydrogen-bond donors (Lipinski definition) is 0. The first kappa shape index (κ1) is 17.1. The van der Waals surface area contributed by atoms with Crippen molar-refractivity contribution in [2.24, 2.45) is 0 Å². The van der Waals surface area contributed by atoms with Crippen LogP contribution in [0.15, 0.2) is 0 Å². The molecular formula is C17H30N2O4. The van der Waals surface area contributed by atoms with Crippen molar-refractivity contribution in [2.75, 3.05) is 52.6 Å². The third kappa shape index (κ3) is 4.24. The van der Waals surface area contributed by atoms with Crippen molar-refractivity contribution in [2.45, 2.75) is 50.9 Å². The molecule has 2 saturated heterocycles. The van der Waals surface area contributed by atoms with Gasteiger partial charge < -0.3 is 24.0 Å². The molecule has 1 amide bonds. The van der Waals surface area contributed by atoms with E-state index in [4.69, 9.17) is 14.2 Å². The highest BCUT2D eigenvalue weighted by Crippen LogP contribution is 2.32. The normalized spacial score (nSPS) is 31.5. The maximum atomic E-state index is 12.3. The van der Waals surface area contributed by atoms with E-state index in [0.717, 1.165) is 26.0 Å². The lowest BCUT2D eigenvalue weighted by Crippen LogP contribution is -2.54. The van der Waals surface area contributed by atoms with E-state index in [9.17, 15) is 4.79 Å². The van der Waals surface area contributed by atoms with Crippen LogP contribution in [0.4, 0.5) is 0 Å². The van der Waals surface area contributed by atoms with Crippen LogP contribution in [0.2, 0.25) is 0 Å². The summed E-state index contributed by atoms with van der Waals surface area (Å²) in [6, 6.07) is 0.161. The van der Waals surface area contributed by atoms with Crippen molar-refractivity contribution < 1.29 is 19.0 Å². The molecule has 0 aromatic rings. The van der Waals surface area contributed by atoms with Crippen LogP contribution in [0, 0.1) is 0 Å². The predicted molar refractivity (Wildman–Crippen MR) is 86.4 cm³/mol. The summed E-state index contributed by atoms with van der Waals surface area (Å²) in [5.74, 6) is 0.0860. The van der Waals surface area contributed by atoms with Crippen LogP contribution >= 0.6 is 0 Å². The Bertz CT molecular complexity index is 387. The fraction of sp³-hybridized carbons (Fsp3) is 0.941. The van der Waals surface area contributed by atoms with Crippen LogP contribution in [0.5, 0.6) is 0 Å². The third-order valence-corrected chi connectivity index (χ3v) is 5.22. The second-order valence-electron chi connectivity index (χ2n) is 6.66. The lowest BCUT2D eigenvalue weighted by Gasteiger charge is -2.39. The summed E-state index contributed by atoms with van der Waals surface area (Å²) in [6.45, 7) is 8.14. The fourth-order valence-electron chi connectivity index (χ4n) is 4.02. The first-order valence-electron chi connectivity index (χ1n) is 9.12.